The number of halogens is 1. The minimum Gasteiger partial charge on any atom is -0.354 e. The monoisotopic (exact) mass is 400 g/mol. The topological polar surface area (TPSA) is 49.4 Å². The van der Waals surface area contributed by atoms with Gasteiger partial charge in [-0.05, 0) is 43.0 Å². The molecule has 2 rings (SSSR count). The SMILES string of the molecule is CCCNC(=O)C(CC)N(Cc1ccc(Cl)cc1)C(=O)Cc1cccc(C)c1. The van der Waals surface area contributed by atoms with E-state index >= 15 is 0 Å². The fourth-order valence-corrected chi connectivity index (χ4v) is 3.30. The van der Waals surface area contributed by atoms with Gasteiger partial charge in [0.1, 0.15) is 6.04 Å². The molecular formula is C23H29ClN2O2. The zero-order valence-electron chi connectivity index (χ0n) is 16.9. The zero-order valence-corrected chi connectivity index (χ0v) is 17.6. The average molecular weight is 401 g/mol. The molecule has 0 saturated carbocycles. The summed E-state index contributed by atoms with van der Waals surface area (Å²) in [4.78, 5) is 27.6. The van der Waals surface area contributed by atoms with Crippen LogP contribution in [0.2, 0.25) is 5.02 Å². The molecule has 28 heavy (non-hydrogen) atoms. The second kappa shape index (κ2) is 10.9. The minimum absolute atomic E-state index is 0.0564. The van der Waals surface area contributed by atoms with E-state index in [0.717, 1.165) is 23.1 Å². The van der Waals surface area contributed by atoms with Gasteiger partial charge in [-0.2, -0.15) is 0 Å². The Morgan fingerprint density at radius 3 is 2.39 bits per heavy atom. The van der Waals surface area contributed by atoms with Gasteiger partial charge in [-0.3, -0.25) is 9.59 Å². The summed E-state index contributed by atoms with van der Waals surface area (Å²) in [5.74, 6) is -0.157. The molecule has 1 N–H and O–H groups in total. The third kappa shape index (κ3) is 6.38. The lowest BCUT2D eigenvalue weighted by Gasteiger charge is -2.31. The molecule has 0 aliphatic heterocycles. The van der Waals surface area contributed by atoms with E-state index in [9.17, 15) is 9.59 Å². The number of nitrogens with zero attached hydrogens (tertiary/aromatic N) is 1. The van der Waals surface area contributed by atoms with Crippen molar-refractivity contribution in [3.05, 3.63) is 70.2 Å². The lowest BCUT2D eigenvalue weighted by Crippen LogP contribution is -2.49. The Hall–Kier alpha value is -2.33. The first-order valence-electron chi connectivity index (χ1n) is 9.81. The summed E-state index contributed by atoms with van der Waals surface area (Å²) in [5.41, 5.74) is 3.01. The van der Waals surface area contributed by atoms with Crippen LogP contribution in [0, 0.1) is 6.92 Å². The molecule has 0 spiro atoms. The van der Waals surface area contributed by atoms with Crippen molar-refractivity contribution in [1.82, 2.24) is 10.2 Å². The maximum atomic E-state index is 13.2. The van der Waals surface area contributed by atoms with E-state index in [0.29, 0.717) is 24.5 Å². The largest absolute Gasteiger partial charge is 0.354 e. The molecule has 1 atom stereocenters. The number of benzene rings is 2. The van der Waals surface area contributed by atoms with Gasteiger partial charge in [0.05, 0.1) is 6.42 Å². The van der Waals surface area contributed by atoms with Crippen molar-refractivity contribution < 1.29 is 9.59 Å². The van der Waals surface area contributed by atoms with E-state index < -0.39 is 6.04 Å². The second-order valence-corrected chi connectivity index (χ2v) is 7.47. The van der Waals surface area contributed by atoms with Crippen molar-refractivity contribution in [1.29, 1.82) is 0 Å². The molecule has 0 aliphatic rings. The Balaban J connectivity index is 2.26. The number of aryl methyl sites for hydroxylation is 1. The molecule has 0 aromatic heterocycles. The normalized spacial score (nSPS) is 11.7. The van der Waals surface area contributed by atoms with E-state index in [1.54, 1.807) is 17.0 Å². The Morgan fingerprint density at radius 1 is 1.07 bits per heavy atom. The summed E-state index contributed by atoms with van der Waals surface area (Å²) < 4.78 is 0. The highest BCUT2D eigenvalue weighted by molar-refractivity contribution is 6.30. The first kappa shape index (κ1) is 22.0. The molecule has 4 nitrogen and oxygen atoms in total. The fourth-order valence-electron chi connectivity index (χ4n) is 3.17. The molecule has 0 heterocycles. The molecule has 2 aromatic rings. The van der Waals surface area contributed by atoms with Crippen LogP contribution in [0.5, 0.6) is 0 Å². The Labute approximate surface area is 172 Å². The summed E-state index contributed by atoms with van der Waals surface area (Å²) >= 11 is 5.99. The van der Waals surface area contributed by atoms with Crippen LogP contribution in [-0.4, -0.2) is 29.3 Å². The van der Waals surface area contributed by atoms with Crippen molar-refractivity contribution in [3.8, 4) is 0 Å². The third-order valence-electron chi connectivity index (χ3n) is 4.64. The van der Waals surface area contributed by atoms with Crippen molar-refractivity contribution >= 4 is 23.4 Å². The standard InChI is InChI=1S/C23H29ClN2O2/c1-4-13-25-23(28)21(5-2)26(16-18-9-11-20(24)12-10-18)22(27)15-19-8-6-7-17(3)14-19/h6-12,14,21H,4-5,13,15-16H2,1-3H3,(H,25,28). The summed E-state index contributed by atoms with van der Waals surface area (Å²) in [6.45, 7) is 6.93. The van der Waals surface area contributed by atoms with Gasteiger partial charge >= 0.3 is 0 Å². The molecule has 0 aliphatic carbocycles. The van der Waals surface area contributed by atoms with Crippen LogP contribution in [-0.2, 0) is 22.6 Å². The van der Waals surface area contributed by atoms with Crippen LogP contribution in [0.25, 0.3) is 0 Å². The second-order valence-electron chi connectivity index (χ2n) is 7.03. The summed E-state index contributed by atoms with van der Waals surface area (Å²) in [6.07, 6.45) is 1.69. The maximum Gasteiger partial charge on any atom is 0.242 e. The van der Waals surface area contributed by atoms with Crippen molar-refractivity contribution in [2.75, 3.05) is 6.54 Å². The van der Waals surface area contributed by atoms with Crippen LogP contribution in [0.3, 0.4) is 0 Å². The molecule has 0 saturated heterocycles. The average Bonchev–Trinajstić information content (AvgIpc) is 2.67. The molecular weight excluding hydrogens is 372 g/mol. The molecule has 0 radical (unpaired) electrons. The van der Waals surface area contributed by atoms with E-state index in [1.165, 1.54) is 0 Å². The van der Waals surface area contributed by atoms with Crippen molar-refractivity contribution in [2.24, 2.45) is 0 Å². The summed E-state index contributed by atoms with van der Waals surface area (Å²) in [6, 6.07) is 14.8. The predicted octanol–water partition coefficient (Wildman–Crippen LogP) is 4.52. The van der Waals surface area contributed by atoms with Gasteiger partial charge in [-0.15, -0.1) is 0 Å². The van der Waals surface area contributed by atoms with E-state index in [2.05, 4.69) is 5.32 Å². The molecule has 0 fully saturated rings. The van der Waals surface area contributed by atoms with E-state index in [1.807, 2.05) is 57.2 Å². The molecule has 1 unspecified atom stereocenters. The number of carbonyl (C=O) groups is 2. The number of hydrogen-bond donors (Lipinski definition) is 1. The Kier molecular flexibility index (Phi) is 8.52. The van der Waals surface area contributed by atoms with Gasteiger partial charge in [0.2, 0.25) is 11.8 Å². The first-order chi connectivity index (χ1) is 13.4. The highest BCUT2D eigenvalue weighted by Gasteiger charge is 2.28. The lowest BCUT2D eigenvalue weighted by molar-refractivity contribution is -0.140. The number of hydrogen-bond acceptors (Lipinski definition) is 2. The Bertz CT molecular complexity index is 789. The van der Waals surface area contributed by atoms with Crippen LogP contribution >= 0.6 is 11.6 Å². The first-order valence-corrected chi connectivity index (χ1v) is 10.2. The lowest BCUT2D eigenvalue weighted by atomic mass is 10.1. The highest BCUT2D eigenvalue weighted by Crippen LogP contribution is 2.17. The third-order valence-corrected chi connectivity index (χ3v) is 4.89. The van der Waals surface area contributed by atoms with Gasteiger partial charge < -0.3 is 10.2 Å². The van der Waals surface area contributed by atoms with Crippen LogP contribution in [0.1, 0.15) is 43.4 Å². The van der Waals surface area contributed by atoms with Crippen LogP contribution in [0.4, 0.5) is 0 Å². The molecule has 2 aromatic carbocycles. The predicted molar refractivity (Wildman–Crippen MR) is 114 cm³/mol. The van der Waals surface area contributed by atoms with Crippen molar-refractivity contribution in [2.45, 2.75) is 52.6 Å². The number of rotatable bonds is 9. The van der Waals surface area contributed by atoms with Crippen LogP contribution in [0.15, 0.2) is 48.5 Å². The van der Waals surface area contributed by atoms with E-state index in [4.69, 9.17) is 11.6 Å². The minimum atomic E-state index is -0.500. The maximum absolute atomic E-state index is 13.2. The van der Waals surface area contributed by atoms with Gasteiger partial charge in [0, 0.05) is 18.1 Å². The number of carbonyl (C=O) groups excluding carboxylic acids is 2. The summed E-state index contributed by atoms with van der Waals surface area (Å²) in [5, 5.41) is 3.58. The summed E-state index contributed by atoms with van der Waals surface area (Å²) in [7, 11) is 0. The highest BCUT2D eigenvalue weighted by atomic mass is 35.5. The zero-order chi connectivity index (χ0) is 20.5. The quantitative estimate of drug-likeness (QED) is 0.672. The van der Waals surface area contributed by atoms with E-state index in [-0.39, 0.29) is 18.2 Å². The molecule has 2 amide bonds. The van der Waals surface area contributed by atoms with Crippen molar-refractivity contribution in [3.63, 3.8) is 0 Å². The van der Waals surface area contributed by atoms with Gasteiger partial charge in [-0.25, -0.2) is 0 Å². The molecule has 5 heteroatoms. The Morgan fingerprint density at radius 2 is 1.79 bits per heavy atom. The smallest absolute Gasteiger partial charge is 0.242 e. The van der Waals surface area contributed by atoms with Gasteiger partial charge in [-0.1, -0.05) is 67.4 Å². The molecule has 150 valence electrons. The van der Waals surface area contributed by atoms with Crippen LogP contribution < -0.4 is 5.32 Å². The van der Waals surface area contributed by atoms with Gasteiger partial charge in [0.15, 0.2) is 0 Å². The van der Waals surface area contributed by atoms with Gasteiger partial charge in [0.25, 0.3) is 0 Å². The fraction of sp³-hybridized carbons (Fsp3) is 0.391. The molecule has 0 bridgehead atoms. The number of nitrogens with one attached hydrogen (secondary N) is 1. The number of amides is 2.